The Morgan fingerprint density at radius 2 is 1.83 bits per heavy atom. The molecule has 0 radical (unpaired) electrons. The van der Waals surface area contributed by atoms with E-state index in [-0.39, 0.29) is 23.8 Å². The number of likely N-dealkylation sites (tertiary alicyclic amines) is 1. The topological polar surface area (TPSA) is 55.8 Å². The lowest BCUT2D eigenvalue weighted by Gasteiger charge is -2.27. The molecule has 0 aromatic carbocycles. The summed E-state index contributed by atoms with van der Waals surface area (Å²) in [6, 6.07) is 0. The fourth-order valence-electron chi connectivity index (χ4n) is 2.55. The predicted octanol–water partition coefficient (Wildman–Crippen LogP) is 0.926. The first-order valence-electron chi connectivity index (χ1n) is 6.20. The van der Waals surface area contributed by atoms with Gasteiger partial charge in [-0.1, -0.05) is 6.92 Å². The quantitative estimate of drug-likeness (QED) is 0.701. The number of carbonyl (C=O) groups excluding carboxylic acids is 2. The van der Waals surface area contributed by atoms with Crippen LogP contribution < -0.4 is 0 Å². The molecular formula is C13H23NO4. The van der Waals surface area contributed by atoms with Crippen LogP contribution in [0.5, 0.6) is 0 Å². The van der Waals surface area contributed by atoms with Gasteiger partial charge in [0.25, 0.3) is 0 Å². The van der Waals surface area contributed by atoms with Gasteiger partial charge in [-0.05, 0) is 19.8 Å². The van der Waals surface area contributed by atoms with E-state index in [1.165, 1.54) is 14.2 Å². The van der Waals surface area contributed by atoms with Gasteiger partial charge in [0.2, 0.25) is 0 Å². The lowest BCUT2D eigenvalue weighted by Crippen LogP contribution is -2.39. The average Bonchev–Trinajstić information content (AvgIpc) is 2.67. The van der Waals surface area contributed by atoms with E-state index in [1.54, 1.807) is 0 Å². The minimum absolute atomic E-state index is 0.0940. The van der Waals surface area contributed by atoms with Crippen molar-refractivity contribution in [3.8, 4) is 0 Å². The van der Waals surface area contributed by atoms with Gasteiger partial charge in [-0.25, -0.2) is 0 Å². The number of ether oxygens (including phenoxy) is 2. The summed E-state index contributed by atoms with van der Waals surface area (Å²) < 4.78 is 9.58. The van der Waals surface area contributed by atoms with E-state index in [0.717, 1.165) is 6.54 Å². The Balaban J connectivity index is 2.61. The van der Waals surface area contributed by atoms with Crippen molar-refractivity contribution in [2.45, 2.75) is 20.8 Å². The Hall–Kier alpha value is -1.10. The molecular weight excluding hydrogens is 234 g/mol. The standard InChI is InChI=1S/C13H23NO4/c1-9-6-14(7-10(9)11(15)17-4)8-13(2,3)12(16)18-5/h9-10H,6-8H2,1-5H3. The Labute approximate surface area is 108 Å². The van der Waals surface area contributed by atoms with Crippen LogP contribution in [-0.2, 0) is 19.1 Å². The molecule has 0 amide bonds. The highest BCUT2D eigenvalue weighted by molar-refractivity contribution is 5.76. The molecule has 0 aromatic heterocycles. The third-order valence-electron chi connectivity index (χ3n) is 3.55. The van der Waals surface area contributed by atoms with Crippen LogP contribution in [0, 0.1) is 17.3 Å². The zero-order chi connectivity index (χ0) is 13.9. The van der Waals surface area contributed by atoms with Crippen molar-refractivity contribution in [3.05, 3.63) is 0 Å². The molecule has 2 atom stereocenters. The van der Waals surface area contributed by atoms with Crippen molar-refractivity contribution < 1.29 is 19.1 Å². The van der Waals surface area contributed by atoms with Gasteiger partial charge in [-0.3, -0.25) is 9.59 Å². The van der Waals surface area contributed by atoms with E-state index in [0.29, 0.717) is 13.1 Å². The fraction of sp³-hybridized carbons (Fsp3) is 0.846. The summed E-state index contributed by atoms with van der Waals surface area (Å²) in [7, 11) is 2.81. The lowest BCUT2D eigenvalue weighted by molar-refractivity contribution is -0.151. The molecule has 1 aliphatic rings. The van der Waals surface area contributed by atoms with Gasteiger partial charge in [0.15, 0.2) is 0 Å². The third kappa shape index (κ3) is 3.22. The minimum Gasteiger partial charge on any atom is -0.469 e. The van der Waals surface area contributed by atoms with E-state index in [4.69, 9.17) is 9.47 Å². The molecule has 0 aliphatic carbocycles. The summed E-state index contributed by atoms with van der Waals surface area (Å²) in [6.45, 7) is 7.79. The first-order chi connectivity index (χ1) is 8.31. The Bertz CT molecular complexity index is 327. The smallest absolute Gasteiger partial charge is 0.312 e. The monoisotopic (exact) mass is 257 g/mol. The van der Waals surface area contributed by atoms with E-state index >= 15 is 0 Å². The van der Waals surface area contributed by atoms with Crippen molar-refractivity contribution >= 4 is 11.9 Å². The zero-order valence-corrected chi connectivity index (χ0v) is 11.9. The van der Waals surface area contributed by atoms with Gasteiger partial charge in [0.05, 0.1) is 25.6 Å². The molecule has 0 saturated carbocycles. The van der Waals surface area contributed by atoms with Crippen molar-refractivity contribution in [1.82, 2.24) is 4.90 Å². The van der Waals surface area contributed by atoms with Crippen molar-refractivity contribution in [1.29, 1.82) is 0 Å². The van der Waals surface area contributed by atoms with E-state index in [9.17, 15) is 9.59 Å². The van der Waals surface area contributed by atoms with Crippen molar-refractivity contribution in [2.24, 2.45) is 17.3 Å². The van der Waals surface area contributed by atoms with Gasteiger partial charge in [0, 0.05) is 19.6 Å². The van der Waals surface area contributed by atoms with Gasteiger partial charge >= 0.3 is 11.9 Å². The second-order valence-corrected chi connectivity index (χ2v) is 5.68. The lowest BCUT2D eigenvalue weighted by atomic mass is 9.93. The predicted molar refractivity (Wildman–Crippen MR) is 66.9 cm³/mol. The Kier molecular flexibility index (Phi) is 4.73. The molecule has 2 unspecified atom stereocenters. The highest BCUT2D eigenvalue weighted by Gasteiger charge is 2.39. The molecule has 1 rings (SSSR count). The van der Waals surface area contributed by atoms with Crippen LogP contribution in [0.15, 0.2) is 0 Å². The molecule has 1 aliphatic heterocycles. The maximum absolute atomic E-state index is 11.6. The molecule has 1 heterocycles. The van der Waals surface area contributed by atoms with Crippen LogP contribution >= 0.6 is 0 Å². The molecule has 1 saturated heterocycles. The Morgan fingerprint density at radius 1 is 1.22 bits per heavy atom. The average molecular weight is 257 g/mol. The molecule has 5 heteroatoms. The SMILES string of the molecule is COC(=O)C1CN(CC(C)(C)C(=O)OC)CC1C. The zero-order valence-electron chi connectivity index (χ0n) is 11.9. The van der Waals surface area contributed by atoms with Crippen LogP contribution in [0.25, 0.3) is 0 Å². The van der Waals surface area contributed by atoms with E-state index in [1.807, 2.05) is 20.8 Å². The van der Waals surface area contributed by atoms with Crippen molar-refractivity contribution in [2.75, 3.05) is 33.9 Å². The van der Waals surface area contributed by atoms with E-state index < -0.39 is 5.41 Å². The molecule has 18 heavy (non-hydrogen) atoms. The summed E-state index contributed by atoms with van der Waals surface area (Å²) in [6.07, 6.45) is 0. The second-order valence-electron chi connectivity index (χ2n) is 5.68. The van der Waals surface area contributed by atoms with Gasteiger partial charge < -0.3 is 14.4 Å². The molecule has 1 fully saturated rings. The van der Waals surface area contributed by atoms with Gasteiger partial charge in [0.1, 0.15) is 0 Å². The van der Waals surface area contributed by atoms with Crippen LogP contribution in [0.1, 0.15) is 20.8 Å². The van der Waals surface area contributed by atoms with Crippen LogP contribution in [0.3, 0.4) is 0 Å². The van der Waals surface area contributed by atoms with Crippen LogP contribution in [0.4, 0.5) is 0 Å². The largest absolute Gasteiger partial charge is 0.469 e. The molecule has 104 valence electrons. The number of hydrogen-bond acceptors (Lipinski definition) is 5. The number of nitrogens with zero attached hydrogens (tertiary/aromatic N) is 1. The number of hydrogen-bond donors (Lipinski definition) is 0. The number of esters is 2. The normalized spacial score (nSPS) is 24.9. The third-order valence-corrected chi connectivity index (χ3v) is 3.55. The number of rotatable bonds is 4. The van der Waals surface area contributed by atoms with Crippen LogP contribution in [-0.4, -0.2) is 50.7 Å². The first-order valence-corrected chi connectivity index (χ1v) is 6.20. The molecule has 5 nitrogen and oxygen atoms in total. The summed E-state index contributed by atoms with van der Waals surface area (Å²) in [5, 5.41) is 0. The highest BCUT2D eigenvalue weighted by Crippen LogP contribution is 2.28. The number of carbonyl (C=O) groups is 2. The molecule has 0 N–H and O–H groups in total. The molecule has 0 spiro atoms. The molecule has 0 bridgehead atoms. The summed E-state index contributed by atoms with van der Waals surface area (Å²) >= 11 is 0. The summed E-state index contributed by atoms with van der Waals surface area (Å²) in [5.41, 5.74) is -0.556. The maximum Gasteiger partial charge on any atom is 0.312 e. The van der Waals surface area contributed by atoms with Crippen molar-refractivity contribution in [3.63, 3.8) is 0 Å². The highest BCUT2D eigenvalue weighted by atomic mass is 16.5. The van der Waals surface area contributed by atoms with E-state index in [2.05, 4.69) is 4.90 Å². The first kappa shape index (κ1) is 15.0. The molecule has 0 aromatic rings. The maximum atomic E-state index is 11.6. The summed E-state index contributed by atoms with van der Waals surface area (Å²) in [4.78, 5) is 25.3. The number of methoxy groups -OCH3 is 2. The fourth-order valence-corrected chi connectivity index (χ4v) is 2.55. The van der Waals surface area contributed by atoms with Gasteiger partial charge in [-0.15, -0.1) is 0 Å². The second kappa shape index (κ2) is 5.69. The minimum atomic E-state index is -0.556. The Morgan fingerprint density at radius 3 is 2.33 bits per heavy atom. The summed E-state index contributed by atoms with van der Waals surface area (Å²) in [5.74, 6) is -0.230. The van der Waals surface area contributed by atoms with Gasteiger partial charge in [-0.2, -0.15) is 0 Å². The van der Waals surface area contributed by atoms with Crippen LogP contribution in [0.2, 0.25) is 0 Å².